The molecule has 0 saturated heterocycles. The molecule has 0 fully saturated rings. The van der Waals surface area contributed by atoms with Gasteiger partial charge in [0.25, 0.3) is 0 Å². The number of carbonyl (C=O) groups excluding carboxylic acids is 1. The third-order valence-corrected chi connectivity index (χ3v) is 3.50. The minimum absolute atomic E-state index is 0.0305. The molecular weight excluding hydrogens is 288 g/mol. The molecule has 0 unspecified atom stereocenters. The first-order valence-corrected chi connectivity index (χ1v) is 7.84. The van der Waals surface area contributed by atoms with E-state index in [2.05, 4.69) is 21.7 Å². The summed E-state index contributed by atoms with van der Waals surface area (Å²) >= 11 is 1.68. The number of amides is 1. The number of hydrogen-bond donors (Lipinski definition) is 2. The van der Waals surface area contributed by atoms with Crippen LogP contribution >= 0.6 is 11.3 Å². The van der Waals surface area contributed by atoms with Crippen molar-refractivity contribution in [2.75, 3.05) is 40.4 Å². The monoisotopic (exact) mass is 312 g/mol. The van der Waals surface area contributed by atoms with Crippen LogP contribution in [-0.4, -0.2) is 57.2 Å². The second-order valence-corrected chi connectivity index (χ2v) is 5.54. The summed E-state index contributed by atoms with van der Waals surface area (Å²) in [6.07, 6.45) is 0. The lowest BCUT2D eigenvalue weighted by molar-refractivity contribution is -0.127. The van der Waals surface area contributed by atoms with Crippen LogP contribution in [0.1, 0.15) is 11.8 Å². The fourth-order valence-electron chi connectivity index (χ4n) is 1.43. The van der Waals surface area contributed by atoms with Crippen LogP contribution < -0.4 is 10.6 Å². The number of thiophene rings is 1. The van der Waals surface area contributed by atoms with E-state index in [1.54, 1.807) is 25.4 Å². The SMILES string of the molecule is CCOCCNC(=NCC(=O)N(C)C)NCc1cccs1. The number of carbonyl (C=O) groups is 1. The normalized spacial score (nSPS) is 11.3. The third-order valence-electron chi connectivity index (χ3n) is 2.62. The summed E-state index contributed by atoms with van der Waals surface area (Å²) in [5.41, 5.74) is 0. The van der Waals surface area contributed by atoms with Gasteiger partial charge in [0, 0.05) is 32.1 Å². The summed E-state index contributed by atoms with van der Waals surface area (Å²) in [7, 11) is 3.44. The maximum absolute atomic E-state index is 11.6. The molecule has 0 bridgehead atoms. The zero-order valence-electron chi connectivity index (χ0n) is 12.9. The van der Waals surface area contributed by atoms with Crippen molar-refractivity contribution >= 4 is 23.2 Å². The Labute approximate surface area is 130 Å². The molecule has 21 heavy (non-hydrogen) atoms. The summed E-state index contributed by atoms with van der Waals surface area (Å²) < 4.78 is 5.28. The first kappa shape index (κ1) is 17.5. The average Bonchev–Trinajstić information content (AvgIpc) is 2.98. The van der Waals surface area contributed by atoms with Crippen LogP contribution in [0.5, 0.6) is 0 Å². The molecule has 1 aromatic rings. The summed E-state index contributed by atoms with van der Waals surface area (Å²) in [5, 5.41) is 8.41. The molecule has 1 amide bonds. The molecule has 118 valence electrons. The summed E-state index contributed by atoms with van der Waals surface area (Å²) in [5.74, 6) is 0.593. The quantitative estimate of drug-likeness (QED) is 0.425. The van der Waals surface area contributed by atoms with Crippen molar-refractivity contribution in [1.82, 2.24) is 15.5 Å². The molecule has 7 heteroatoms. The first-order chi connectivity index (χ1) is 10.1. The molecule has 6 nitrogen and oxygen atoms in total. The summed E-state index contributed by atoms with van der Waals surface area (Å²) in [4.78, 5) is 18.6. The predicted octanol–water partition coefficient (Wildman–Crippen LogP) is 0.908. The van der Waals surface area contributed by atoms with Gasteiger partial charge >= 0.3 is 0 Å². The number of nitrogens with zero attached hydrogens (tertiary/aromatic N) is 2. The van der Waals surface area contributed by atoms with Gasteiger partial charge in [-0.1, -0.05) is 6.07 Å². The summed E-state index contributed by atoms with van der Waals surface area (Å²) in [6.45, 7) is 4.73. The van der Waals surface area contributed by atoms with Crippen LogP contribution in [0, 0.1) is 0 Å². The third kappa shape index (κ3) is 7.67. The van der Waals surface area contributed by atoms with Crippen molar-refractivity contribution < 1.29 is 9.53 Å². The Kier molecular flexibility index (Phi) is 8.45. The van der Waals surface area contributed by atoms with Crippen LogP contribution in [0.4, 0.5) is 0 Å². The molecule has 0 aromatic carbocycles. The van der Waals surface area contributed by atoms with E-state index in [9.17, 15) is 4.79 Å². The number of rotatable bonds is 8. The lowest BCUT2D eigenvalue weighted by atomic mass is 10.4. The topological polar surface area (TPSA) is 66.0 Å². The number of aliphatic imine (C=N–C) groups is 1. The lowest BCUT2D eigenvalue weighted by Crippen LogP contribution is -2.39. The van der Waals surface area contributed by atoms with Gasteiger partial charge in [0.1, 0.15) is 6.54 Å². The van der Waals surface area contributed by atoms with Crippen LogP contribution in [-0.2, 0) is 16.1 Å². The van der Waals surface area contributed by atoms with E-state index in [1.807, 2.05) is 18.4 Å². The van der Waals surface area contributed by atoms with Crippen LogP contribution in [0.25, 0.3) is 0 Å². The Morgan fingerprint density at radius 2 is 2.24 bits per heavy atom. The zero-order valence-corrected chi connectivity index (χ0v) is 13.7. The minimum Gasteiger partial charge on any atom is -0.380 e. The van der Waals surface area contributed by atoms with Crippen molar-refractivity contribution in [3.63, 3.8) is 0 Å². The largest absolute Gasteiger partial charge is 0.380 e. The van der Waals surface area contributed by atoms with E-state index >= 15 is 0 Å². The van der Waals surface area contributed by atoms with Crippen molar-refractivity contribution in [2.24, 2.45) is 4.99 Å². The summed E-state index contributed by atoms with van der Waals surface area (Å²) in [6, 6.07) is 4.07. The molecule has 1 rings (SSSR count). The van der Waals surface area contributed by atoms with Crippen LogP contribution in [0.2, 0.25) is 0 Å². The Morgan fingerprint density at radius 1 is 1.43 bits per heavy atom. The van der Waals surface area contributed by atoms with E-state index in [1.165, 1.54) is 9.78 Å². The predicted molar refractivity (Wildman–Crippen MR) is 86.7 cm³/mol. The maximum Gasteiger partial charge on any atom is 0.243 e. The van der Waals surface area contributed by atoms with E-state index in [0.29, 0.717) is 32.3 Å². The highest BCUT2D eigenvalue weighted by Crippen LogP contribution is 2.07. The van der Waals surface area contributed by atoms with Gasteiger partial charge in [0.2, 0.25) is 5.91 Å². The van der Waals surface area contributed by atoms with Gasteiger partial charge in [-0.3, -0.25) is 4.79 Å². The highest BCUT2D eigenvalue weighted by atomic mass is 32.1. The first-order valence-electron chi connectivity index (χ1n) is 6.96. The second kappa shape index (κ2) is 10.2. The second-order valence-electron chi connectivity index (χ2n) is 4.51. The minimum atomic E-state index is -0.0305. The van der Waals surface area contributed by atoms with E-state index in [-0.39, 0.29) is 12.5 Å². The molecule has 2 N–H and O–H groups in total. The molecule has 0 aliphatic heterocycles. The van der Waals surface area contributed by atoms with Gasteiger partial charge < -0.3 is 20.3 Å². The zero-order chi connectivity index (χ0) is 15.5. The standard InChI is InChI=1S/C14H24N4O2S/c1-4-20-8-7-15-14(17-11-13(19)18(2)3)16-10-12-6-5-9-21-12/h5-6,9H,4,7-8,10-11H2,1-3H3,(H2,15,16,17). The lowest BCUT2D eigenvalue weighted by Gasteiger charge is -2.13. The van der Waals surface area contributed by atoms with E-state index in [0.717, 1.165) is 0 Å². The number of guanidine groups is 1. The molecule has 1 aromatic heterocycles. The molecular formula is C14H24N4O2S. The van der Waals surface area contributed by atoms with Gasteiger partial charge in [-0.05, 0) is 18.4 Å². The molecule has 0 aliphatic carbocycles. The van der Waals surface area contributed by atoms with Gasteiger partial charge in [-0.25, -0.2) is 4.99 Å². The fraction of sp³-hybridized carbons (Fsp3) is 0.571. The molecule has 0 aliphatic rings. The van der Waals surface area contributed by atoms with Gasteiger partial charge in [0.05, 0.1) is 13.2 Å². The molecule has 0 spiro atoms. The molecule has 0 saturated carbocycles. The number of nitrogens with one attached hydrogen (secondary N) is 2. The van der Waals surface area contributed by atoms with Crippen LogP contribution in [0.15, 0.2) is 22.5 Å². The Bertz CT molecular complexity index is 432. The molecule has 1 heterocycles. The van der Waals surface area contributed by atoms with Gasteiger partial charge in [-0.15, -0.1) is 11.3 Å². The van der Waals surface area contributed by atoms with Crippen molar-refractivity contribution in [1.29, 1.82) is 0 Å². The highest BCUT2D eigenvalue weighted by molar-refractivity contribution is 7.09. The Morgan fingerprint density at radius 3 is 2.86 bits per heavy atom. The van der Waals surface area contributed by atoms with E-state index in [4.69, 9.17) is 4.74 Å². The average molecular weight is 312 g/mol. The van der Waals surface area contributed by atoms with Crippen molar-refractivity contribution in [3.05, 3.63) is 22.4 Å². The number of likely N-dealkylation sites (N-methyl/N-ethyl adjacent to an activating group) is 1. The number of hydrogen-bond acceptors (Lipinski definition) is 4. The van der Waals surface area contributed by atoms with Gasteiger partial charge in [-0.2, -0.15) is 0 Å². The maximum atomic E-state index is 11.6. The van der Waals surface area contributed by atoms with Crippen molar-refractivity contribution in [3.8, 4) is 0 Å². The molecule has 0 radical (unpaired) electrons. The molecule has 0 atom stereocenters. The van der Waals surface area contributed by atoms with Crippen molar-refractivity contribution in [2.45, 2.75) is 13.5 Å². The van der Waals surface area contributed by atoms with Gasteiger partial charge in [0.15, 0.2) is 5.96 Å². The smallest absolute Gasteiger partial charge is 0.243 e. The highest BCUT2D eigenvalue weighted by Gasteiger charge is 2.04. The number of ether oxygens (including phenoxy) is 1. The Balaban J connectivity index is 2.47. The van der Waals surface area contributed by atoms with E-state index < -0.39 is 0 Å². The fourth-order valence-corrected chi connectivity index (χ4v) is 2.08. The van der Waals surface area contributed by atoms with Crippen LogP contribution in [0.3, 0.4) is 0 Å². The Hall–Kier alpha value is -1.60.